The Hall–Kier alpha value is -4.79. The number of H-pyrrole nitrogens is 1. The predicted molar refractivity (Wildman–Crippen MR) is 138 cm³/mol. The van der Waals surface area contributed by atoms with Crippen molar-refractivity contribution in [3.05, 3.63) is 84.4 Å². The lowest BCUT2D eigenvalue weighted by Crippen LogP contribution is -2.34. The van der Waals surface area contributed by atoms with Gasteiger partial charge in [-0.25, -0.2) is 32.1 Å². The third-order valence-corrected chi connectivity index (χ3v) is 7.14. The summed E-state index contributed by atoms with van der Waals surface area (Å²) in [5.74, 6) is -4.33. The van der Waals surface area contributed by atoms with Gasteiger partial charge < -0.3 is 28.8 Å². The largest absolute Gasteiger partial charge is 0.491 e. The Morgan fingerprint density at radius 3 is 2.61 bits per heavy atom. The van der Waals surface area contributed by atoms with Gasteiger partial charge in [0.1, 0.15) is 42.0 Å². The number of amides is 1. The first-order chi connectivity index (χ1) is 19.7. The highest BCUT2D eigenvalue weighted by molar-refractivity contribution is 7.13. The minimum Gasteiger partial charge on any atom is -0.491 e. The molecule has 0 saturated carbocycles. The summed E-state index contributed by atoms with van der Waals surface area (Å²) in [7, 11) is 1.12. The van der Waals surface area contributed by atoms with Crippen LogP contribution in [0.3, 0.4) is 0 Å². The van der Waals surface area contributed by atoms with Crippen LogP contribution in [-0.4, -0.2) is 59.9 Å². The van der Waals surface area contributed by atoms with Crippen molar-refractivity contribution in [1.29, 1.82) is 0 Å². The summed E-state index contributed by atoms with van der Waals surface area (Å²) in [6, 6.07) is 5.18. The number of esters is 1. The van der Waals surface area contributed by atoms with E-state index in [0.717, 1.165) is 42.7 Å². The van der Waals surface area contributed by atoms with E-state index in [2.05, 4.69) is 9.72 Å². The van der Waals surface area contributed by atoms with E-state index in [1.807, 2.05) is 0 Å². The van der Waals surface area contributed by atoms with Crippen LogP contribution in [0.4, 0.5) is 18.0 Å². The van der Waals surface area contributed by atoms with Crippen molar-refractivity contribution in [1.82, 2.24) is 14.5 Å². The molecular weight excluding hydrogens is 571 g/mol. The van der Waals surface area contributed by atoms with Crippen molar-refractivity contribution in [3.63, 3.8) is 0 Å². The van der Waals surface area contributed by atoms with E-state index in [4.69, 9.17) is 14.2 Å². The highest BCUT2D eigenvalue weighted by Crippen LogP contribution is 2.28. The fraction of sp³-hybridized carbons (Fsp3) is 0.231. The monoisotopic (exact) mass is 591 g/mol. The van der Waals surface area contributed by atoms with Crippen LogP contribution >= 0.6 is 11.3 Å². The molecule has 15 heteroatoms. The number of fused-ring (bicyclic) bond motifs is 1. The molecule has 1 saturated heterocycles. The number of methoxy groups -OCH3 is 1. The van der Waals surface area contributed by atoms with Gasteiger partial charge in [0.15, 0.2) is 11.6 Å². The number of halogens is 3. The maximum atomic E-state index is 14.9. The first-order valence-electron chi connectivity index (χ1n) is 12.0. The summed E-state index contributed by atoms with van der Waals surface area (Å²) in [5, 5.41) is 1.21. The third kappa shape index (κ3) is 5.35. The minimum atomic E-state index is -1.24. The van der Waals surface area contributed by atoms with Crippen LogP contribution in [0.2, 0.25) is 0 Å². The molecule has 1 fully saturated rings. The number of nitrogens with zero attached hydrogens (tertiary/aromatic N) is 2. The molecule has 1 aliphatic heterocycles. The quantitative estimate of drug-likeness (QED) is 0.294. The molecule has 0 spiro atoms. The number of hydrogen-bond donors (Lipinski definition) is 1. The normalized spacial score (nSPS) is 13.0. The van der Waals surface area contributed by atoms with Crippen LogP contribution in [0.25, 0.3) is 16.6 Å². The van der Waals surface area contributed by atoms with Crippen LogP contribution in [-0.2, 0) is 16.1 Å². The lowest BCUT2D eigenvalue weighted by Gasteiger charge is -2.16. The van der Waals surface area contributed by atoms with Crippen molar-refractivity contribution in [3.8, 4) is 17.2 Å². The number of hydrogen-bond acceptors (Lipinski definition) is 9. The first kappa shape index (κ1) is 27.8. The van der Waals surface area contributed by atoms with Gasteiger partial charge in [-0.1, -0.05) is 0 Å². The molecule has 0 atom stereocenters. The number of benzene rings is 2. The highest BCUT2D eigenvalue weighted by atomic mass is 32.1. The summed E-state index contributed by atoms with van der Waals surface area (Å²) in [5.41, 5.74) is -2.69. The van der Waals surface area contributed by atoms with Gasteiger partial charge in [-0.2, -0.15) is 0 Å². The molecule has 4 aromatic rings. The van der Waals surface area contributed by atoms with Crippen LogP contribution in [0.15, 0.2) is 45.3 Å². The topological polar surface area (TPSA) is 129 Å². The maximum Gasteiger partial charge on any atom is 0.410 e. The van der Waals surface area contributed by atoms with Gasteiger partial charge in [0, 0.05) is 11.4 Å². The van der Waals surface area contributed by atoms with E-state index in [0.29, 0.717) is 11.1 Å². The average molecular weight is 592 g/mol. The molecule has 41 heavy (non-hydrogen) atoms. The Morgan fingerprint density at radius 2 is 1.88 bits per heavy atom. The molecule has 0 unspecified atom stereocenters. The zero-order valence-electron chi connectivity index (χ0n) is 21.2. The Labute approximate surface area is 232 Å². The first-order valence-corrected chi connectivity index (χ1v) is 12.9. The number of cyclic esters (lactones) is 1. The molecule has 2 aromatic carbocycles. The second-order valence-corrected chi connectivity index (χ2v) is 9.49. The summed E-state index contributed by atoms with van der Waals surface area (Å²) in [6.45, 7) is 0.149. The Kier molecular flexibility index (Phi) is 7.70. The SMILES string of the molecule is COC(=O)c1scc2[nH]c(=O)n(-c3cc(OCc4c(OCCN5CCOC5=O)ccc(F)c4F)ccc3F)c(=O)c12. The predicted octanol–water partition coefficient (Wildman–Crippen LogP) is 3.35. The van der Waals surface area contributed by atoms with E-state index in [1.165, 1.54) is 16.3 Å². The average Bonchev–Trinajstić information content (AvgIpc) is 3.57. The summed E-state index contributed by atoms with van der Waals surface area (Å²) in [6.07, 6.45) is -0.507. The van der Waals surface area contributed by atoms with Gasteiger partial charge in [0.05, 0.1) is 42.4 Å². The molecule has 11 nitrogen and oxygen atoms in total. The lowest BCUT2D eigenvalue weighted by molar-refractivity contribution is 0.0608. The fourth-order valence-electron chi connectivity index (χ4n) is 4.15. The van der Waals surface area contributed by atoms with Crippen LogP contribution < -0.4 is 20.7 Å². The van der Waals surface area contributed by atoms with Crippen molar-refractivity contribution < 1.29 is 41.7 Å². The number of carbonyl (C=O) groups excluding carboxylic acids is 2. The Bertz CT molecular complexity index is 1780. The number of thiophene rings is 1. The van der Waals surface area contributed by atoms with Gasteiger partial charge in [0.2, 0.25) is 0 Å². The molecule has 1 aliphatic rings. The van der Waals surface area contributed by atoms with Crippen LogP contribution in [0.5, 0.6) is 11.5 Å². The molecule has 0 radical (unpaired) electrons. The van der Waals surface area contributed by atoms with Gasteiger partial charge in [-0.05, 0) is 24.3 Å². The van der Waals surface area contributed by atoms with E-state index >= 15 is 0 Å². The van der Waals surface area contributed by atoms with Gasteiger partial charge in [-0.3, -0.25) is 4.79 Å². The second kappa shape index (κ2) is 11.4. The highest BCUT2D eigenvalue weighted by Gasteiger charge is 2.23. The van der Waals surface area contributed by atoms with Crippen molar-refractivity contribution in [2.45, 2.75) is 6.61 Å². The molecule has 214 valence electrons. The molecule has 3 heterocycles. The van der Waals surface area contributed by atoms with Crippen LogP contribution in [0.1, 0.15) is 15.2 Å². The lowest BCUT2D eigenvalue weighted by atomic mass is 10.2. The molecular formula is C26H20F3N3O8S. The number of nitrogens with one attached hydrogen (secondary N) is 1. The van der Waals surface area contributed by atoms with E-state index in [-0.39, 0.29) is 52.6 Å². The number of carbonyl (C=O) groups is 2. The number of aromatic amines is 1. The number of ether oxygens (including phenoxy) is 4. The summed E-state index contributed by atoms with van der Waals surface area (Å²) in [4.78, 5) is 53.4. The zero-order chi connectivity index (χ0) is 29.3. The molecule has 0 bridgehead atoms. The molecule has 0 aliphatic carbocycles. The number of rotatable bonds is 9. The van der Waals surface area contributed by atoms with E-state index < -0.39 is 53.1 Å². The number of aromatic nitrogens is 2. The maximum absolute atomic E-state index is 14.9. The second-order valence-electron chi connectivity index (χ2n) is 8.61. The molecule has 1 N–H and O–H groups in total. The third-order valence-electron chi connectivity index (χ3n) is 6.18. The Morgan fingerprint density at radius 1 is 1.10 bits per heavy atom. The van der Waals surface area contributed by atoms with Crippen molar-refractivity contribution >= 4 is 34.3 Å². The molecule has 5 rings (SSSR count). The standard InChI is InChI=1S/C26H20F3N3O8S/c1-37-24(34)22-20-17(12-41-22)30-25(35)32(23(20)33)18-10-13(2-3-15(18)27)40-11-14-19(5-4-16(28)21(14)29)38-8-6-31-7-9-39-26(31)36/h2-5,10,12H,6-9,11H2,1H3,(H,30,35). The summed E-state index contributed by atoms with van der Waals surface area (Å²) < 4.78 is 64.8. The zero-order valence-corrected chi connectivity index (χ0v) is 22.0. The van der Waals surface area contributed by atoms with Crippen molar-refractivity contribution in [2.24, 2.45) is 0 Å². The van der Waals surface area contributed by atoms with Gasteiger partial charge in [0.25, 0.3) is 5.56 Å². The van der Waals surface area contributed by atoms with Gasteiger partial charge in [-0.15, -0.1) is 11.3 Å². The molecule has 2 aromatic heterocycles. The minimum absolute atomic E-state index is 0.0435. The van der Waals surface area contributed by atoms with E-state index in [1.54, 1.807) is 0 Å². The van der Waals surface area contributed by atoms with Crippen LogP contribution in [0, 0.1) is 17.5 Å². The van der Waals surface area contributed by atoms with E-state index in [9.17, 15) is 32.3 Å². The fourth-order valence-corrected chi connectivity index (χ4v) is 5.05. The van der Waals surface area contributed by atoms with Gasteiger partial charge >= 0.3 is 17.8 Å². The summed E-state index contributed by atoms with van der Waals surface area (Å²) >= 11 is 0.872. The molecule has 1 amide bonds. The van der Waals surface area contributed by atoms with Crippen molar-refractivity contribution in [2.75, 3.05) is 33.4 Å². The smallest absolute Gasteiger partial charge is 0.410 e. The Balaban J connectivity index is 1.42.